The highest BCUT2D eigenvalue weighted by Gasteiger charge is 2.09. The lowest BCUT2D eigenvalue weighted by Gasteiger charge is -2.06. The van der Waals surface area contributed by atoms with Gasteiger partial charge in [0.15, 0.2) is 5.78 Å². The summed E-state index contributed by atoms with van der Waals surface area (Å²) in [7, 11) is 0. The Morgan fingerprint density at radius 3 is 2.43 bits per heavy atom. The molecule has 0 aromatic heterocycles. The van der Waals surface area contributed by atoms with Crippen LogP contribution in [0, 0.1) is 6.92 Å². The Morgan fingerprint density at radius 2 is 1.81 bits per heavy atom. The lowest BCUT2D eigenvalue weighted by Crippen LogP contribution is -2.04. The van der Waals surface area contributed by atoms with Crippen molar-refractivity contribution in [2.24, 2.45) is 0 Å². The van der Waals surface area contributed by atoms with Crippen molar-refractivity contribution in [2.75, 3.05) is 5.75 Å². The average molecular weight is 308 g/mol. The van der Waals surface area contributed by atoms with E-state index in [9.17, 15) is 13.6 Å². The van der Waals surface area contributed by atoms with Crippen LogP contribution in [0.1, 0.15) is 15.9 Å². The second-order valence-corrected chi connectivity index (χ2v) is 5.40. The molecular formula is C16H14F2O2S. The van der Waals surface area contributed by atoms with Crippen LogP contribution in [0.5, 0.6) is 5.75 Å². The highest BCUT2D eigenvalue weighted by atomic mass is 32.2. The zero-order chi connectivity index (χ0) is 15.2. The molecule has 2 aromatic carbocycles. The molecule has 0 heterocycles. The van der Waals surface area contributed by atoms with Crippen molar-refractivity contribution in [1.82, 2.24) is 0 Å². The van der Waals surface area contributed by atoms with Crippen LogP contribution < -0.4 is 4.74 Å². The number of alkyl halides is 2. The number of ether oxygens (including phenoxy) is 1. The number of ketones is 1. The smallest absolute Gasteiger partial charge is 0.387 e. The quantitative estimate of drug-likeness (QED) is 0.577. The van der Waals surface area contributed by atoms with Gasteiger partial charge in [-0.2, -0.15) is 8.78 Å². The Bertz CT molecular complexity index is 612. The molecule has 5 heteroatoms. The van der Waals surface area contributed by atoms with E-state index in [1.54, 1.807) is 0 Å². The monoisotopic (exact) mass is 308 g/mol. The fourth-order valence-electron chi connectivity index (χ4n) is 1.77. The SMILES string of the molecule is Cc1ccccc1SCC(=O)c1ccc(OC(F)F)cc1. The molecule has 0 amide bonds. The summed E-state index contributed by atoms with van der Waals surface area (Å²) in [6.07, 6.45) is 0. The molecule has 0 bridgehead atoms. The third-order valence-electron chi connectivity index (χ3n) is 2.85. The van der Waals surface area contributed by atoms with E-state index in [4.69, 9.17) is 0 Å². The van der Waals surface area contributed by atoms with Crippen molar-refractivity contribution in [2.45, 2.75) is 18.4 Å². The molecule has 2 aromatic rings. The van der Waals surface area contributed by atoms with Crippen LogP contribution in [0.2, 0.25) is 0 Å². The zero-order valence-electron chi connectivity index (χ0n) is 11.4. The topological polar surface area (TPSA) is 26.3 Å². The Labute approximate surface area is 126 Å². The van der Waals surface area contributed by atoms with Crippen molar-refractivity contribution in [3.05, 3.63) is 59.7 Å². The van der Waals surface area contributed by atoms with Crippen LogP contribution in [0.25, 0.3) is 0 Å². The fraction of sp³-hybridized carbons (Fsp3) is 0.188. The zero-order valence-corrected chi connectivity index (χ0v) is 12.2. The Morgan fingerprint density at radius 1 is 1.14 bits per heavy atom. The molecule has 0 radical (unpaired) electrons. The number of hydrogen-bond donors (Lipinski definition) is 0. The standard InChI is InChI=1S/C16H14F2O2S/c1-11-4-2-3-5-15(11)21-10-14(19)12-6-8-13(9-7-12)20-16(17)18/h2-9,16H,10H2,1H3. The fourth-order valence-corrected chi connectivity index (χ4v) is 2.69. The molecule has 0 spiro atoms. The van der Waals surface area contributed by atoms with Gasteiger partial charge in [0.1, 0.15) is 5.75 Å². The molecule has 0 atom stereocenters. The summed E-state index contributed by atoms with van der Waals surface area (Å²) < 4.78 is 28.3. The van der Waals surface area contributed by atoms with E-state index in [1.807, 2.05) is 31.2 Å². The van der Waals surface area contributed by atoms with E-state index in [2.05, 4.69) is 4.74 Å². The average Bonchev–Trinajstić information content (AvgIpc) is 2.46. The number of rotatable bonds is 6. The lowest BCUT2D eigenvalue weighted by atomic mass is 10.1. The third kappa shape index (κ3) is 4.56. The van der Waals surface area contributed by atoms with Gasteiger partial charge in [-0.3, -0.25) is 4.79 Å². The van der Waals surface area contributed by atoms with E-state index < -0.39 is 6.61 Å². The van der Waals surface area contributed by atoms with Gasteiger partial charge in [0.25, 0.3) is 0 Å². The van der Waals surface area contributed by atoms with Crippen molar-refractivity contribution in [3.8, 4) is 5.75 Å². The minimum absolute atomic E-state index is 0.0492. The lowest BCUT2D eigenvalue weighted by molar-refractivity contribution is -0.0498. The minimum atomic E-state index is -2.86. The molecule has 0 aliphatic heterocycles. The molecule has 0 N–H and O–H groups in total. The third-order valence-corrected chi connectivity index (χ3v) is 4.03. The first kappa shape index (κ1) is 15.5. The van der Waals surface area contributed by atoms with E-state index in [0.29, 0.717) is 11.3 Å². The first-order chi connectivity index (χ1) is 10.1. The largest absolute Gasteiger partial charge is 0.435 e. The first-order valence-corrected chi connectivity index (χ1v) is 7.31. The van der Waals surface area contributed by atoms with Crippen LogP contribution in [0.4, 0.5) is 8.78 Å². The molecule has 21 heavy (non-hydrogen) atoms. The summed E-state index contributed by atoms with van der Waals surface area (Å²) >= 11 is 1.46. The highest BCUT2D eigenvalue weighted by Crippen LogP contribution is 2.23. The number of carbonyl (C=O) groups is 1. The summed E-state index contributed by atoms with van der Waals surface area (Å²) in [5.41, 5.74) is 1.61. The van der Waals surface area contributed by atoms with E-state index in [1.165, 1.54) is 36.0 Å². The van der Waals surface area contributed by atoms with Gasteiger partial charge >= 0.3 is 6.61 Å². The van der Waals surface area contributed by atoms with E-state index >= 15 is 0 Å². The summed E-state index contributed by atoms with van der Waals surface area (Å²) in [5.74, 6) is 0.305. The molecule has 2 nitrogen and oxygen atoms in total. The van der Waals surface area contributed by atoms with Gasteiger partial charge in [0.2, 0.25) is 0 Å². The van der Waals surface area contributed by atoms with Crippen molar-refractivity contribution in [1.29, 1.82) is 0 Å². The van der Waals surface area contributed by atoms with Crippen molar-refractivity contribution >= 4 is 17.5 Å². The van der Waals surface area contributed by atoms with Crippen LogP contribution in [0.15, 0.2) is 53.4 Å². The van der Waals surface area contributed by atoms with Crippen LogP contribution in [-0.2, 0) is 0 Å². The maximum atomic E-state index is 12.1. The number of carbonyl (C=O) groups excluding carboxylic acids is 1. The maximum absolute atomic E-state index is 12.1. The van der Waals surface area contributed by atoms with Gasteiger partial charge in [-0.1, -0.05) is 18.2 Å². The molecule has 0 aliphatic carbocycles. The maximum Gasteiger partial charge on any atom is 0.387 e. The van der Waals surface area contributed by atoms with E-state index in [-0.39, 0.29) is 11.5 Å². The number of aryl methyl sites for hydroxylation is 1. The Balaban J connectivity index is 1.96. The first-order valence-electron chi connectivity index (χ1n) is 6.33. The van der Waals surface area contributed by atoms with Crippen LogP contribution in [0.3, 0.4) is 0 Å². The molecule has 0 unspecified atom stereocenters. The van der Waals surface area contributed by atoms with Gasteiger partial charge in [-0.25, -0.2) is 0 Å². The summed E-state index contributed by atoms with van der Waals surface area (Å²) in [5, 5.41) is 0. The van der Waals surface area contributed by atoms with Gasteiger partial charge < -0.3 is 4.74 Å². The second kappa shape index (κ2) is 7.22. The summed E-state index contributed by atoms with van der Waals surface area (Å²) in [6.45, 7) is -0.869. The van der Waals surface area contributed by atoms with Gasteiger partial charge in [0.05, 0.1) is 5.75 Å². The molecule has 0 fully saturated rings. The molecule has 0 saturated carbocycles. The molecule has 110 valence electrons. The molecule has 0 aliphatic rings. The van der Waals surface area contributed by atoms with Crippen molar-refractivity contribution < 1.29 is 18.3 Å². The second-order valence-electron chi connectivity index (χ2n) is 4.38. The number of Topliss-reactive ketones (excluding diaryl/α,β-unsaturated/α-hetero) is 1. The predicted octanol–water partition coefficient (Wildman–Crippen LogP) is 4.57. The molecule has 2 rings (SSSR count). The summed E-state index contributed by atoms with van der Waals surface area (Å²) in [6, 6.07) is 13.6. The molecular weight excluding hydrogens is 294 g/mol. The Hall–Kier alpha value is -1.88. The van der Waals surface area contributed by atoms with Gasteiger partial charge in [-0.15, -0.1) is 11.8 Å². The van der Waals surface area contributed by atoms with Gasteiger partial charge in [0, 0.05) is 10.5 Å². The normalized spacial score (nSPS) is 10.7. The van der Waals surface area contributed by atoms with Crippen LogP contribution in [-0.4, -0.2) is 18.1 Å². The van der Waals surface area contributed by atoms with E-state index in [0.717, 1.165) is 10.5 Å². The predicted molar refractivity (Wildman–Crippen MR) is 79.3 cm³/mol. The van der Waals surface area contributed by atoms with Crippen molar-refractivity contribution in [3.63, 3.8) is 0 Å². The summed E-state index contributed by atoms with van der Waals surface area (Å²) in [4.78, 5) is 13.1. The Kier molecular flexibility index (Phi) is 5.33. The highest BCUT2D eigenvalue weighted by molar-refractivity contribution is 8.00. The number of benzene rings is 2. The minimum Gasteiger partial charge on any atom is -0.435 e. The number of thioether (sulfide) groups is 1. The number of hydrogen-bond acceptors (Lipinski definition) is 3. The van der Waals surface area contributed by atoms with Crippen LogP contribution >= 0.6 is 11.8 Å². The molecule has 0 saturated heterocycles. The van der Waals surface area contributed by atoms with Gasteiger partial charge in [-0.05, 0) is 42.8 Å². The number of halogens is 2.